The number of nitrogens with zero attached hydrogens (tertiary/aromatic N) is 3. The molecule has 8 nitrogen and oxygen atoms in total. The minimum Gasteiger partial charge on any atom is -0.372 e. The second-order valence-corrected chi connectivity index (χ2v) is 8.80. The molecule has 0 saturated heterocycles. The summed E-state index contributed by atoms with van der Waals surface area (Å²) in [4.78, 5) is 21.0. The molecule has 3 aromatic rings. The Morgan fingerprint density at radius 2 is 1.71 bits per heavy atom. The molecule has 0 saturated carbocycles. The molecule has 0 atom stereocenters. The first-order valence-electron chi connectivity index (χ1n) is 16.7. The van der Waals surface area contributed by atoms with Gasteiger partial charge in [0.15, 0.2) is 0 Å². The van der Waals surface area contributed by atoms with Crippen molar-refractivity contribution in [3.63, 3.8) is 0 Å². The van der Waals surface area contributed by atoms with Crippen molar-refractivity contribution in [3.8, 4) is 22.5 Å². The molecule has 0 aliphatic heterocycles. The lowest BCUT2D eigenvalue weighted by molar-refractivity contribution is -0.123. The smallest absolute Gasteiger partial charge is 0.259 e. The third-order valence-electron chi connectivity index (χ3n) is 4.30. The van der Waals surface area contributed by atoms with E-state index in [4.69, 9.17) is 17.8 Å². The predicted octanol–water partition coefficient (Wildman–Crippen LogP) is 3.90. The van der Waals surface area contributed by atoms with Gasteiger partial charge in [0.1, 0.15) is 12.4 Å². The summed E-state index contributed by atoms with van der Waals surface area (Å²) < 4.78 is 135. The van der Waals surface area contributed by atoms with Crippen LogP contribution in [0.25, 0.3) is 22.5 Å². The fraction of sp³-hybridized carbons (Fsp3) is 0.346. The minimum absolute atomic E-state index is 0.0716. The largest absolute Gasteiger partial charge is 0.372 e. The van der Waals surface area contributed by atoms with Crippen molar-refractivity contribution in [2.75, 3.05) is 30.8 Å². The van der Waals surface area contributed by atoms with E-state index in [0.717, 1.165) is 6.20 Å². The van der Waals surface area contributed by atoms with Crippen LogP contribution < -0.4 is 9.62 Å². The summed E-state index contributed by atoms with van der Waals surface area (Å²) in [6.45, 7) is -17.5. The average Bonchev–Trinajstić information content (AvgIpc) is 2.94. The zero-order valence-electron chi connectivity index (χ0n) is 31.6. The first-order valence-corrected chi connectivity index (χ1v) is 12.1. The van der Waals surface area contributed by atoms with Crippen molar-refractivity contribution in [1.29, 1.82) is 0 Å². The molecular weight excluding hydrogens is 464 g/mol. The molecule has 0 aliphatic carbocycles. The number of carbonyl (C=O) groups excluding carboxylic acids is 1. The lowest BCUT2D eigenvalue weighted by atomic mass is 10.0. The van der Waals surface area contributed by atoms with Gasteiger partial charge >= 0.3 is 0 Å². The highest BCUT2D eigenvalue weighted by molar-refractivity contribution is 7.89. The molecule has 0 fully saturated rings. The normalized spacial score (nSPS) is 19.2. The zero-order chi connectivity index (χ0) is 36.6. The Bertz CT molecular complexity index is 1690. The van der Waals surface area contributed by atoms with Gasteiger partial charge in [-0.15, -0.1) is 0 Å². The number of benzene rings is 2. The van der Waals surface area contributed by atoms with Gasteiger partial charge in [0.05, 0.1) is 30.7 Å². The molecule has 35 heavy (non-hydrogen) atoms. The summed E-state index contributed by atoms with van der Waals surface area (Å²) in [5.74, 6) is -2.58. The van der Waals surface area contributed by atoms with E-state index in [-0.39, 0.29) is 16.3 Å². The molecule has 0 spiro atoms. The molecule has 0 unspecified atom stereocenters. The number of carbonyl (C=O) groups is 1. The standard InChI is InChI=1S/C26H32N4O4S/c1-20(2)30(16-10-11-17-34-19-24(31)29-35(3,32)33)23-18-27-25(21-12-6-4-7-13-21)26(28-23)22-14-8-5-9-15-22/h4-9,12-15,18,20H,10-11,16-17,19H2,1-3H3,(H,29,31)/i1D3,2D3,16D2,17D2,19D2,20D. The van der Waals surface area contributed by atoms with Crippen LogP contribution >= 0.6 is 0 Å². The molecule has 2 aromatic carbocycles. The van der Waals surface area contributed by atoms with Crippen LogP contribution in [0.3, 0.4) is 0 Å². The summed E-state index contributed by atoms with van der Waals surface area (Å²) in [6, 6.07) is 13.1. The summed E-state index contributed by atoms with van der Waals surface area (Å²) >= 11 is 0. The van der Waals surface area contributed by atoms with Gasteiger partial charge in [-0.1, -0.05) is 60.7 Å². The first-order chi connectivity index (χ1) is 21.7. The maximum atomic E-state index is 12.1. The van der Waals surface area contributed by atoms with Gasteiger partial charge in [-0.3, -0.25) is 14.5 Å². The highest BCUT2D eigenvalue weighted by Gasteiger charge is 2.17. The number of nitrogens with one attached hydrogen (secondary N) is 1. The van der Waals surface area contributed by atoms with Crippen molar-refractivity contribution in [2.24, 2.45) is 0 Å². The SMILES string of the molecule is [2H]C([2H])(CCC([2H])([2H])N(c1cnc(-c2ccccc2)c(-c2ccccc2)n1)C([2H])(C([2H])([2H])[2H])C([2H])([2H])[2H])OC([2H])([2H])C(=O)NS(C)(=O)=O. The Labute approximate surface area is 225 Å². The van der Waals surface area contributed by atoms with E-state index in [2.05, 4.69) is 14.7 Å². The molecule has 186 valence electrons. The first kappa shape index (κ1) is 13.7. The molecule has 3 rings (SSSR count). The van der Waals surface area contributed by atoms with Gasteiger partial charge in [-0.25, -0.2) is 13.4 Å². The molecule has 1 heterocycles. The average molecular weight is 510 g/mol. The highest BCUT2D eigenvalue weighted by atomic mass is 32.2. The van der Waals surface area contributed by atoms with Crippen LogP contribution in [0, 0.1) is 0 Å². The molecule has 1 aromatic heterocycles. The number of ether oxygens (including phenoxy) is 1. The lowest BCUT2D eigenvalue weighted by Gasteiger charge is -2.28. The van der Waals surface area contributed by atoms with Crippen molar-refractivity contribution < 1.29 is 35.8 Å². The van der Waals surface area contributed by atoms with E-state index < -0.39 is 73.9 Å². The Balaban J connectivity index is 2.19. The summed E-state index contributed by atoms with van der Waals surface area (Å²) in [5, 5.41) is 0. The van der Waals surface area contributed by atoms with Gasteiger partial charge in [-0.2, -0.15) is 0 Å². The van der Waals surface area contributed by atoms with Crippen molar-refractivity contribution >= 4 is 21.7 Å². The number of aromatic nitrogens is 2. The van der Waals surface area contributed by atoms with E-state index in [9.17, 15) is 13.2 Å². The Morgan fingerprint density at radius 3 is 2.31 bits per heavy atom. The maximum absolute atomic E-state index is 12.1. The third-order valence-corrected chi connectivity index (χ3v) is 4.85. The van der Waals surface area contributed by atoms with E-state index >= 15 is 0 Å². The number of anilines is 1. The number of amides is 1. The van der Waals surface area contributed by atoms with E-state index in [0.29, 0.717) is 17.4 Å². The molecule has 1 N–H and O–H groups in total. The van der Waals surface area contributed by atoms with Gasteiger partial charge in [0, 0.05) is 41.2 Å². The van der Waals surface area contributed by atoms with Crippen LogP contribution in [0.5, 0.6) is 0 Å². The molecule has 0 bridgehead atoms. The van der Waals surface area contributed by atoms with Crippen molar-refractivity contribution in [2.45, 2.75) is 32.6 Å². The molecule has 0 radical (unpaired) electrons. The summed E-state index contributed by atoms with van der Waals surface area (Å²) in [5.41, 5.74) is 1.29. The number of hydrogen-bond donors (Lipinski definition) is 1. The highest BCUT2D eigenvalue weighted by Crippen LogP contribution is 2.30. The van der Waals surface area contributed by atoms with Crippen LogP contribution in [0.2, 0.25) is 0 Å². The minimum atomic E-state index is -4.28. The third kappa shape index (κ3) is 8.15. The number of hydrogen-bond acceptors (Lipinski definition) is 7. The van der Waals surface area contributed by atoms with Crippen molar-refractivity contribution in [3.05, 3.63) is 66.9 Å². The Kier molecular flexibility index (Phi) is 4.86. The van der Waals surface area contributed by atoms with E-state index in [1.807, 2.05) is 0 Å². The quantitative estimate of drug-likeness (QED) is 0.395. The fourth-order valence-corrected chi connectivity index (χ4v) is 3.29. The second kappa shape index (κ2) is 12.4. The van der Waals surface area contributed by atoms with Crippen LogP contribution in [0.15, 0.2) is 66.9 Å². The van der Waals surface area contributed by atoms with E-state index in [1.165, 1.54) is 4.72 Å². The van der Waals surface area contributed by atoms with Crippen LogP contribution in [-0.2, 0) is 19.6 Å². The predicted molar refractivity (Wildman–Crippen MR) is 138 cm³/mol. The van der Waals surface area contributed by atoms with Crippen LogP contribution in [-0.4, -0.2) is 56.2 Å². The van der Waals surface area contributed by atoms with Gasteiger partial charge in [-0.05, 0) is 26.5 Å². The van der Waals surface area contributed by atoms with Gasteiger partial charge in [0.25, 0.3) is 5.91 Å². The summed E-state index contributed by atoms with van der Waals surface area (Å²) in [6.07, 6.45) is -0.868. The molecular formula is C26H32N4O4S. The summed E-state index contributed by atoms with van der Waals surface area (Å²) in [7, 11) is -4.28. The topological polar surface area (TPSA) is 101 Å². The Hall–Kier alpha value is -3.30. The fourth-order valence-electron chi connectivity index (χ4n) is 2.91. The monoisotopic (exact) mass is 509 g/mol. The lowest BCUT2D eigenvalue weighted by Crippen LogP contribution is -2.33. The van der Waals surface area contributed by atoms with Gasteiger partial charge in [0.2, 0.25) is 10.0 Å². The molecule has 9 heteroatoms. The Morgan fingerprint density at radius 1 is 1.09 bits per heavy atom. The van der Waals surface area contributed by atoms with Crippen LogP contribution in [0.4, 0.5) is 5.82 Å². The van der Waals surface area contributed by atoms with E-state index in [1.54, 1.807) is 60.7 Å². The van der Waals surface area contributed by atoms with Crippen LogP contribution in [0.1, 0.15) is 44.4 Å². The number of rotatable bonds is 12. The number of sulfonamides is 1. The zero-order valence-corrected chi connectivity index (χ0v) is 19.5. The van der Waals surface area contributed by atoms with Gasteiger partial charge < -0.3 is 9.64 Å². The maximum Gasteiger partial charge on any atom is 0.259 e. The second-order valence-electron chi connectivity index (χ2n) is 7.05. The molecule has 0 aliphatic rings. The molecule has 1 amide bonds. The van der Waals surface area contributed by atoms with Crippen molar-refractivity contribution in [1.82, 2.24) is 14.7 Å².